The average molecular weight is 323 g/mol. The van der Waals surface area contributed by atoms with E-state index in [-0.39, 0.29) is 16.8 Å². The lowest BCUT2D eigenvalue weighted by molar-refractivity contribution is -0.154. The van der Waals surface area contributed by atoms with E-state index in [1.807, 2.05) is 0 Å². The van der Waals surface area contributed by atoms with Crippen LogP contribution in [0.25, 0.3) is 0 Å². The van der Waals surface area contributed by atoms with E-state index in [9.17, 15) is 22.0 Å². The highest BCUT2D eigenvalue weighted by Crippen LogP contribution is 2.31. The Kier molecular flexibility index (Phi) is 4.34. The summed E-state index contributed by atoms with van der Waals surface area (Å²) in [6, 6.07) is 0. The molecule has 17 heavy (non-hydrogen) atoms. The van der Waals surface area contributed by atoms with Gasteiger partial charge in [0.05, 0.1) is 5.56 Å². The van der Waals surface area contributed by atoms with Gasteiger partial charge in [0.25, 0.3) is 6.43 Å². The van der Waals surface area contributed by atoms with E-state index >= 15 is 0 Å². The summed E-state index contributed by atoms with van der Waals surface area (Å²) < 4.78 is 66.2. The quantitative estimate of drug-likeness (QED) is 0.629. The minimum atomic E-state index is -4.53. The first-order valence-corrected chi connectivity index (χ1v) is 5.48. The van der Waals surface area contributed by atoms with Crippen LogP contribution in [0.1, 0.15) is 17.7 Å². The normalized spacial score (nSPS) is 12.2. The van der Waals surface area contributed by atoms with Crippen molar-refractivity contribution in [1.82, 2.24) is 9.78 Å². The third-order valence-corrected chi connectivity index (χ3v) is 2.39. The molecular weight excluding hydrogens is 315 g/mol. The number of hydrogen-bond donors (Lipinski definition) is 0. The summed E-state index contributed by atoms with van der Waals surface area (Å²) >= 11 is 2.91. The maximum absolute atomic E-state index is 12.5. The smallest absolute Gasteiger partial charge is 0.422 e. The SMILES string of the molecule is Cn1nc(C(F)F)c(CBr)c1OCC(F)(F)F. The van der Waals surface area contributed by atoms with Crippen molar-refractivity contribution in [2.75, 3.05) is 6.61 Å². The Morgan fingerprint density at radius 1 is 1.41 bits per heavy atom. The highest BCUT2D eigenvalue weighted by Gasteiger charge is 2.31. The highest BCUT2D eigenvalue weighted by molar-refractivity contribution is 9.08. The molecule has 0 aliphatic rings. The Hall–Kier alpha value is -0.860. The lowest BCUT2D eigenvalue weighted by Crippen LogP contribution is -2.20. The van der Waals surface area contributed by atoms with Crippen LogP contribution < -0.4 is 4.74 Å². The van der Waals surface area contributed by atoms with Gasteiger partial charge in [-0.3, -0.25) is 0 Å². The van der Waals surface area contributed by atoms with E-state index in [0.29, 0.717) is 0 Å². The van der Waals surface area contributed by atoms with Crippen LogP contribution in [0.2, 0.25) is 0 Å². The first-order valence-electron chi connectivity index (χ1n) is 4.35. The predicted molar refractivity (Wildman–Crippen MR) is 52.3 cm³/mol. The summed E-state index contributed by atoms with van der Waals surface area (Å²) in [5, 5.41) is 3.36. The van der Waals surface area contributed by atoms with Gasteiger partial charge in [0, 0.05) is 12.4 Å². The molecule has 0 spiro atoms. The second-order valence-corrected chi connectivity index (χ2v) is 3.69. The second kappa shape index (κ2) is 5.19. The van der Waals surface area contributed by atoms with Gasteiger partial charge in [-0.15, -0.1) is 0 Å². The van der Waals surface area contributed by atoms with Crippen molar-refractivity contribution in [2.45, 2.75) is 17.9 Å². The Morgan fingerprint density at radius 2 is 2.00 bits per heavy atom. The van der Waals surface area contributed by atoms with Crippen molar-refractivity contribution < 1.29 is 26.7 Å². The number of halogens is 6. The molecule has 0 amide bonds. The Bertz CT molecular complexity index is 390. The number of alkyl halides is 6. The molecule has 3 nitrogen and oxygen atoms in total. The third-order valence-electron chi connectivity index (χ3n) is 1.83. The minimum absolute atomic E-state index is 0.0618. The number of aromatic nitrogens is 2. The maximum atomic E-state index is 12.5. The van der Waals surface area contributed by atoms with Crippen LogP contribution in [-0.2, 0) is 12.4 Å². The van der Waals surface area contributed by atoms with E-state index in [1.165, 1.54) is 7.05 Å². The molecule has 0 saturated carbocycles. The summed E-state index contributed by atoms with van der Waals surface area (Å²) in [6.45, 7) is -1.55. The average Bonchev–Trinajstić information content (AvgIpc) is 2.50. The summed E-state index contributed by atoms with van der Waals surface area (Å²) in [5.74, 6) is -0.311. The first kappa shape index (κ1) is 14.2. The van der Waals surface area contributed by atoms with Gasteiger partial charge in [0.1, 0.15) is 5.69 Å². The molecule has 0 atom stereocenters. The topological polar surface area (TPSA) is 27.1 Å². The summed E-state index contributed by atoms with van der Waals surface area (Å²) in [6.07, 6.45) is -7.39. The van der Waals surface area contributed by atoms with Crippen molar-refractivity contribution in [3.8, 4) is 5.88 Å². The van der Waals surface area contributed by atoms with Crippen LogP contribution >= 0.6 is 15.9 Å². The van der Waals surface area contributed by atoms with Crippen LogP contribution in [0.15, 0.2) is 0 Å². The molecule has 0 bridgehead atoms. The van der Waals surface area contributed by atoms with Gasteiger partial charge in [-0.05, 0) is 0 Å². The first-order chi connectivity index (χ1) is 7.76. The van der Waals surface area contributed by atoms with Crippen LogP contribution in [-0.4, -0.2) is 22.6 Å². The zero-order chi connectivity index (χ0) is 13.2. The van der Waals surface area contributed by atoms with Crippen molar-refractivity contribution in [1.29, 1.82) is 0 Å². The number of aryl methyl sites for hydroxylation is 1. The molecular formula is C8H8BrF5N2O. The lowest BCUT2D eigenvalue weighted by Gasteiger charge is -2.10. The summed E-state index contributed by atoms with van der Waals surface area (Å²) in [7, 11) is 1.24. The van der Waals surface area contributed by atoms with Gasteiger partial charge in [-0.2, -0.15) is 18.3 Å². The number of ether oxygens (including phenoxy) is 1. The number of rotatable bonds is 4. The predicted octanol–water partition coefficient (Wildman–Crippen LogP) is 3.19. The van der Waals surface area contributed by atoms with Gasteiger partial charge >= 0.3 is 6.18 Å². The van der Waals surface area contributed by atoms with Gasteiger partial charge in [-0.1, -0.05) is 15.9 Å². The summed E-state index contributed by atoms with van der Waals surface area (Å²) in [4.78, 5) is 0. The van der Waals surface area contributed by atoms with E-state index in [0.717, 1.165) is 4.68 Å². The largest absolute Gasteiger partial charge is 0.468 e. The monoisotopic (exact) mass is 322 g/mol. The second-order valence-electron chi connectivity index (χ2n) is 3.13. The molecule has 1 rings (SSSR count). The Balaban J connectivity index is 2.98. The molecule has 0 aliphatic carbocycles. The molecule has 0 aliphatic heterocycles. The zero-order valence-corrected chi connectivity index (χ0v) is 10.1. The van der Waals surface area contributed by atoms with Gasteiger partial charge in [0.15, 0.2) is 6.61 Å². The fraction of sp³-hybridized carbons (Fsp3) is 0.625. The zero-order valence-electron chi connectivity index (χ0n) is 8.56. The third kappa shape index (κ3) is 3.55. The van der Waals surface area contributed by atoms with Crippen molar-refractivity contribution in [2.24, 2.45) is 7.05 Å². The molecule has 0 radical (unpaired) electrons. The van der Waals surface area contributed by atoms with E-state index in [1.54, 1.807) is 0 Å². The van der Waals surface area contributed by atoms with Gasteiger partial charge in [0.2, 0.25) is 5.88 Å². The molecule has 0 unspecified atom stereocenters. The molecule has 9 heteroatoms. The molecule has 0 fully saturated rings. The highest BCUT2D eigenvalue weighted by atomic mass is 79.9. The molecule has 0 N–H and O–H groups in total. The van der Waals surface area contributed by atoms with Crippen LogP contribution in [0.4, 0.5) is 22.0 Å². The molecule has 0 aromatic carbocycles. The van der Waals surface area contributed by atoms with Crippen LogP contribution in [0, 0.1) is 0 Å². The molecule has 98 valence electrons. The van der Waals surface area contributed by atoms with Crippen LogP contribution in [0.5, 0.6) is 5.88 Å². The maximum Gasteiger partial charge on any atom is 0.422 e. The molecule has 1 aromatic rings. The van der Waals surface area contributed by atoms with E-state index < -0.39 is 24.9 Å². The van der Waals surface area contributed by atoms with E-state index in [4.69, 9.17) is 0 Å². The van der Waals surface area contributed by atoms with E-state index in [2.05, 4.69) is 25.8 Å². The minimum Gasteiger partial charge on any atom is -0.468 e. The fourth-order valence-corrected chi connectivity index (χ4v) is 1.73. The number of hydrogen-bond acceptors (Lipinski definition) is 2. The Morgan fingerprint density at radius 3 is 2.41 bits per heavy atom. The van der Waals surface area contributed by atoms with Crippen molar-refractivity contribution in [3.05, 3.63) is 11.3 Å². The fourth-order valence-electron chi connectivity index (χ4n) is 1.20. The van der Waals surface area contributed by atoms with Crippen molar-refractivity contribution in [3.63, 3.8) is 0 Å². The van der Waals surface area contributed by atoms with Gasteiger partial charge < -0.3 is 4.74 Å². The van der Waals surface area contributed by atoms with Gasteiger partial charge in [-0.25, -0.2) is 13.5 Å². The summed E-state index contributed by atoms with van der Waals surface area (Å²) in [5.41, 5.74) is -0.659. The Labute approximate surface area is 102 Å². The molecule has 0 saturated heterocycles. The molecule has 1 heterocycles. The lowest BCUT2D eigenvalue weighted by atomic mass is 10.3. The number of nitrogens with zero attached hydrogens (tertiary/aromatic N) is 2. The molecule has 1 aromatic heterocycles. The standard InChI is InChI=1S/C8H8BrF5N2O/c1-16-7(17-3-8(12,13)14)4(2-9)5(15-16)6(10)11/h6H,2-3H2,1H3. The van der Waals surface area contributed by atoms with Crippen molar-refractivity contribution >= 4 is 15.9 Å². The van der Waals surface area contributed by atoms with Crippen LogP contribution in [0.3, 0.4) is 0 Å².